The molecule has 2 aromatic carbocycles. The van der Waals surface area contributed by atoms with Gasteiger partial charge >= 0.3 is 0 Å². The van der Waals surface area contributed by atoms with Gasteiger partial charge in [0.05, 0.1) is 0 Å². The molecule has 0 fully saturated rings. The van der Waals surface area contributed by atoms with Crippen molar-refractivity contribution in [2.24, 2.45) is 0 Å². The standard InChI is InChI=1S/C15H12O/c1-2-6-12(7-3-1)10-14-11-13-8-4-5-9-15(13)16-14/h1-10H,11H2/b14-10-. The number of rotatable bonds is 1. The zero-order chi connectivity index (χ0) is 10.8. The molecule has 0 amide bonds. The average Bonchev–Trinajstić information content (AvgIpc) is 2.72. The van der Waals surface area contributed by atoms with E-state index in [1.54, 1.807) is 0 Å². The summed E-state index contributed by atoms with van der Waals surface area (Å²) >= 11 is 0. The molecule has 78 valence electrons. The Hall–Kier alpha value is -2.02. The number of allylic oxidation sites excluding steroid dienone is 1. The van der Waals surface area contributed by atoms with E-state index in [0.29, 0.717) is 0 Å². The Kier molecular flexibility index (Phi) is 2.22. The lowest BCUT2D eigenvalue weighted by atomic mass is 10.1. The fourth-order valence-electron chi connectivity index (χ4n) is 1.93. The van der Waals surface area contributed by atoms with Crippen LogP contribution in [-0.2, 0) is 6.42 Å². The molecule has 0 radical (unpaired) electrons. The number of ether oxygens (including phenoxy) is 1. The minimum absolute atomic E-state index is 0.894. The van der Waals surface area contributed by atoms with Gasteiger partial charge in [-0.2, -0.15) is 0 Å². The second-order valence-corrected chi connectivity index (χ2v) is 3.91. The molecule has 0 spiro atoms. The first-order chi connectivity index (χ1) is 7.92. The minimum atomic E-state index is 0.894. The Bertz CT molecular complexity index is 499. The second kappa shape index (κ2) is 3.86. The van der Waals surface area contributed by atoms with Crippen molar-refractivity contribution in [3.05, 3.63) is 71.5 Å². The largest absolute Gasteiger partial charge is 0.461 e. The van der Waals surface area contributed by atoms with Crippen LogP contribution in [0.25, 0.3) is 6.08 Å². The van der Waals surface area contributed by atoms with E-state index in [1.807, 2.05) is 36.4 Å². The normalized spacial score (nSPS) is 15.9. The molecule has 0 N–H and O–H groups in total. The molecule has 2 aromatic rings. The summed E-state index contributed by atoms with van der Waals surface area (Å²) in [4.78, 5) is 0. The summed E-state index contributed by atoms with van der Waals surface area (Å²) in [6, 6.07) is 18.4. The van der Waals surface area contributed by atoms with Crippen LogP contribution in [0.3, 0.4) is 0 Å². The first-order valence-corrected chi connectivity index (χ1v) is 5.43. The molecule has 1 nitrogen and oxygen atoms in total. The molecular weight excluding hydrogens is 196 g/mol. The van der Waals surface area contributed by atoms with Crippen LogP contribution >= 0.6 is 0 Å². The SMILES string of the molecule is C(=C1\Cc2ccccc2O1)/c1ccccc1. The van der Waals surface area contributed by atoms with Gasteiger partial charge in [-0.25, -0.2) is 0 Å². The molecule has 3 rings (SSSR count). The molecule has 0 saturated carbocycles. The monoisotopic (exact) mass is 208 g/mol. The van der Waals surface area contributed by atoms with Crippen LogP contribution in [0.5, 0.6) is 5.75 Å². The van der Waals surface area contributed by atoms with Crippen LogP contribution in [0, 0.1) is 0 Å². The minimum Gasteiger partial charge on any atom is -0.461 e. The Balaban J connectivity index is 1.89. The van der Waals surface area contributed by atoms with Crippen molar-refractivity contribution in [1.29, 1.82) is 0 Å². The first-order valence-electron chi connectivity index (χ1n) is 5.43. The molecule has 0 bridgehead atoms. The van der Waals surface area contributed by atoms with Gasteiger partial charge < -0.3 is 4.74 Å². The van der Waals surface area contributed by atoms with E-state index in [-0.39, 0.29) is 0 Å². The Morgan fingerprint density at radius 1 is 0.875 bits per heavy atom. The summed E-state index contributed by atoms with van der Waals surface area (Å²) in [5.74, 6) is 2.01. The number of hydrogen-bond acceptors (Lipinski definition) is 1. The fourth-order valence-corrected chi connectivity index (χ4v) is 1.93. The van der Waals surface area contributed by atoms with E-state index in [1.165, 1.54) is 11.1 Å². The van der Waals surface area contributed by atoms with Crippen LogP contribution in [0.4, 0.5) is 0 Å². The summed E-state index contributed by atoms with van der Waals surface area (Å²) < 4.78 is 5.77. The highest BCUT2D eigenvalue weighted by atomic mass is 16.5. The van der Waals surface area contributed by atoms with E-state index >= 15 is 0 Å². The van der Waals surface area contributed by atoms with Gasteiger partial charge in [0.25, 0.3) is 0 Å². The second-order valence-electron chi connectivity index (χ2n) is 3.91. The summed E-state index contributed by atoms with van der Waals surface area (Å²) in [6.45, 7) is 0. The lowest BCUT2D eigenvalue weighted by Gasteiger charge is -1.99. The maximum absolute atomic E-state index is 5.77. The highest BCUT2D eigenvalue weighted by Gasteiger charge is 2.15. The molecule has 0 saturated heterocycles. The zero-order valence-electron chi connectivity index (χ0n) is 8.89. The molecule has 1 aliphatic heterocycles. The van der Waals surface area contributed by atoms with Gasteiger partial charge in [-0.05, 0) is 17.7 Å². The van der Waals surface area contributed by atoms with Crippen molar-refractivity contribution < 1.29 is 4.74 Å². The van der Waals surface area contributed by atoms with E-state index in [4.69, 9.17) is 4.74 Å². The predicted octanol–water partition coefficient (Wildman–Crippen LogP) is 3.66. The van der Waals surface area contributed by atoms with E-state index in [2.05, 4.69) is 24.3 Å². The summed E-state index contributed by atoms with van der Waals surface area (Å²) in [5.41, 5.74) is 2.45. The maximum atomic E-state index is 5.77. The lowest BCUT2D eigenvalue weighted by molar-refractivity contribution is 0.451. The van der Waals surface area contributed by atoms with Gasteiger partial charge in [0.15, 0.2) is 0 Å². The molecule has 1 heterocycles. The summed E-state index contributed by atoms with van der Waals surface area (Å²) in [6.07, 6.45) is 2.99. The Labute approximate surface area is 95.0 Å². The van der Waals surface area contributed by atoms with Crippen molar-refractivity contribution in [1.82, 2.24) is 0 Å². The molecule has 0 aromatic heterocycles. The summed E-state index contributed by atoms with van der Waals surface area (Å²) in [5, 5.41) is 0. The Morgan fingerprint density at radius 3 is 2.44 bits per heavy atom. The summed E-state index contributed by atoms with van der Waals surface area (Å²) in [7, 11) is 0. The van der Waals surface area contributed by atoms with Crippen molar-refractivity contribution in [3.8, 4) is 5.75 Å². The van der Waals surface area contributed by atoms with Crippen LogP contribution in [-0.4, -0.2) is 0 Å². The third-order valence-corrected chi connectivity index (χ3v) is 2.71. The molecular formula is C15H12O. The van der Waals surface area contributed by atoms with Crippen molar-refractivity contribution in [2.75, 3.05) is 0 Å². The quantitative estimate of drug-likeness (QED) is 0.695. The van der Waals surface area contributed by atoms with Gasteiger partial charge in [0.1, 0.15) is 11.5 Å². The smallest absolute Gasteiger partial charge is 0.130 e. The van der Waals surface area contributed by atoms with Gasteiger partial charge in [-0.15, -0.1) is 0 Å². The van der Waals surface area contributed by atoms with Crippen LogP contribution in [0.1, 0.15) is 11.1 Å². The molecule has 0 unspecified atom stereocenters. The Morgan fingerprint density at radius 2 is 1.62 bits per heavy atom. The van der Waals surface area contributed by atoms with Gasteiger partial charge in [-0.1, -0.05) is 48.5 Å². The number of benzene rings is 2. The molecule has 16 heavy (non-hydrogen) atoms. The molecule has 1 aliphatic rings. The highest BCUT2D eigenvalue weighted by Crippen LogP contribution is 2.31. The van der Waals surface area contributed by atoms with Crippen molar-refractivity contribution in [2.45, 2.75) is 6.42 Å². The zero-order valence-corrected chi connectivity index (χ0v) is 8.89. The molecule has 1 heteroatoms. The lowest BCUT2D eigenvalue weighted by Crippen LogP contribution is -1.87. The first kappa shape index (κ1) is 9.22. The van der Waals surface area contributed by atoms with Gasteiger partial charge in [-0.3, -0.25) is 0 Å². The van der Waals surface area contributed by atoms with E-state index < -0.39 is 0 Å². The van der Waals surface area contributed by atoms with E-state index in [9.17, 15) is 0 Å². The van der Waals surface area contributed by atoms with Gasteiger partial charge in [0, 0.05) is 12.0 Å². The van der Waals surface area contributed by atoms with Crippen LogP contribution < -0.4 is 4.74 Å². The van der Waals surface area contributed by atoms with Crippen molar-refractivity contribution in [3.63, 3.8) is 0 Å². The van der Waals surface area contributed by atoms with Gasteiger partial charge in [0.2, 0.25) is 0 Å². The number of fused-ring (bicyclic) bond motifs is 1. The third-order valence-electron chi connectivity index (χ3n) is 2.71. The van der Waals surface area contributed by atoms with Crippen LogP contribution in [0.15, 0.2) is 60.4 Å². The predicted molar refractivity (Wildman–Crippen MR) is 65.2 cm³/mol. The number of para-hydroxylation sites is 1. The van der Waals surface area contributed by atoms with E-state index in [0.717, 1.165) is 17.9 Å². The number of hydrogen-bond donors (Lipinski definition) is 0. The third kappa shape index (κ3) is 1.72. The average molecular weight is 208 g/mol. The van der Waals surface area contributed by atoms with Crippen molar-refractivity contribution >= 4 is 6.08 Å². The fraction of sp³-hybridized carbons (Fsp3) is 0.0667. The highest BCUT2D eigenvalue weighted by molar-refractivity contribution is 5.56. The van der Waals surface area contributed by atoms with Crippen LogP contribution in [0.2, 0.25) is 0 Å². The molecule has 0 atom stereocenters. The maximum Gasteiger partial charge on any atom is 0.130 e. The molecule has 0 aliphatic carbocycles. The topological polar surface area (TPSA) is 9.23 Å².